The molecular formula is C23H16N2O3. The fourth-order valence-corrected chi connectivity index (χ4v) is 4.05. The molecule has 3 aromatic carbocycles. The Morgan fingerprint density at radius 1 is 0.821 bits per heavy atom. The molecule has 0 fully saturated rings. The van der Waals surface area contributed by atoms with Gasteiger partial charge in [-0.3, -0.25) is 9.59 Å². The summed E-state index contributed by atoms with van der Waals surface area (Å²) in [4.78, 5) is 34.8. The number of H-pyrrole nitrogens is 1. The lowest BCUT2D eigenvalue weighted by atomic mass is 9.73. The first-order valence-electron chi connectivity index (χ1n) is 9.01. The van der Waals surface area contributed by atoms with Crippen LogP contribution >= 0.6 is 0 Å². The van der Waals surface area contributed by atoms with Gasteiger partial charge in [0.2, 0.25) is 0 Å². The first-order chi connectivity index (χ1) is 13.6. The quantitative estimate of drug-likeness (QED) is 0.539. The lowest BCUT2D eigenvalue weighted by Crippen LogP contribution is -2.41. The number of carbonyl (C=O) groups is 2. The molecule has 0 amide bonds. The van der Waals surface area contributed by atoms with Crippen LogP contribution in [0, 0.1) is 0 Å². The van der Waals surface area contributed by atoms with E-state index in [1.54, 1.807) is 36.4 Å². The van der Waals surface area contributed by atoms with Crippen molar-refractivity contribution in [3.63, 3.8) is 0 Å². The van der Waals surface area contributed by atoms with Gasteiger partial charge in [-0.15, -0.1) is 0 Å². The summed E-state index contributed by atoms with van der Waals surface area (Å²) in [7, 11) is 0. The fourth-order valence-electron chi connectivity index (χ4n) is 4.05. The summed E-state index contributed by atoms with van der Waals surface area (Å²) in [5, 5.41) is 9.69. The number of hydrogen-bond donors (Lipinski definition) is 2. The molecule has 136 valence electrons. The van der Waals surface area contributed by atoms with Crippen LogP contribution in [0.15, 0.2) is 72.8 Å². The number of phenols is 1. The molecule has 5 heteroatoms. The summed E-state index contributed by atoms with van der Waals surface area (Å²) < 4.78 is 0. The molecule has 0 saturated heterocycles. The van der Waals surface area contributed by atoms with Crippen molar-refractivity contribution >= 4 is 22.6 Å². The van der Waals surface area contributed by atoms with Crippen LogP contribution in [0.1, 0.15) is 32.1 Å². The number of nitrogens with zero attached hydrogens (tertiary/aromatic N) is 1. The van der Waals surface area contributed by atoms with Crippen LogP contribution in [0.4, 0.5) is 0 Å². The summed E-state index contributed by atoms with van der Waals surface area (Å²) in [6, 6.07) is 20.8. The smallest absolute Gasteiger partial charge is 0.182 e. The zero-order chi connectivity index (χ0) is 19.3. The Labute approximate surface area is 160 Å². The number of Topliss-reactive ketones (excluding diaryl/α,β-unsaturated/α-hetero) is 2. The average Bonchev–Trinajstić information content (AvgIpc) is 3.22. The van der Waals surface area contributed by atoms with Gasteiger partial charge >= 0.3 is 0 Å². The van der Waals surface area contributed by atoms with Crippen molar-refractivity contribution in [3.05, 3.63) is 95.3 Å². The maximum atomic E-state index is 13.5. The third-order valence-electron chi connectivity index (χ3n) is 5.42. The molecule has 28 heavy (non-hydrogen) atoms. The summed E-state index contributed by atoms with van der Waals surface area (Å²) in [6.07, 6.45) is 0.124. The van der Waals surface area contributed by atoms with E-state index in [9.17, 15) is 14.7 Å². The lowest BCUT2D eigenvalue weighted by molar-refractivity contribution is 0.0791. The Morgan fingerprint density at radius 2 is 1.43 bits per heavy atom. The highest BCUT2D eigenvalue weighted by atomic mass is 16.3. The third-order valence-corrected chi connectivity index (χ3v) is 5.42. The molecule has 1 aliphatic carbocycles. The number of nitrogens with one attached hydrogen (secondary N) is 1. The van der Waals surface area contributed by atoms with Gasteiger partial charge in [0.1, 0.15) is 17.0 Å². The van der Waals surface area contributed by atoms with E-state index < -0.39 is 5.41 Å². The van der Waals surface area contributed by atoms with Crippen molar-refractivity contribution in [3.8, 4) is 5.75 Å². The minimum absolute atomic E-state index is 0.0815. The Morgan fingerprint density at radius 3 is 2.07 bits per heavy atom. The monoisotopic (exact) mass is 368 g/mol. The van der Waals surface area contributed by atoms with Gasteiger partial charge in [-0.1, -0.05) is 48.5 Å². The van der Waals surface area contributed by atoms with Gasteiger partial charge in [0.15, 0.2) is 11.6 Å². The molecule has 0 unspecified atom stereocenters. The number of benzene rings is 3. The summed E-state index contributed by atoms with van der Waals surface area (Å²) in [5.41, 5.74) is 1.65. The number of phenolic OH excluding ortho intramolecular Hbond substituents is 1. The highest BCUT2D eigenvalue weighted by molar-refractivity contribution is 6.33. The van der Waals surface area contributed by atoms with Crippen molar-refractivity contribution < 1.29 is 14.7 Å². The maximum absolute atomic E-state index is 13.5. The molecule has 1 aromatic heterocycles. The minimum atomic E-state index is -1.40. The molecule has 5 nitrogen and oxygen atoms in total. The van der Waals surface area contributed by atoms with Gasteiger partial charge in [0, 0.05) is 17.5 Å². The molecule has 0 saturated carbocycles. The molecular weight excluding hydrogens is 352 g/mol. The van der Waals surface area contributed by atoms with E-state index in [4.69, 9.17) is 0 Å². The topological polar surface area (TPSA) is 83.0 Å². The second-order valence-corrected chi connectivity index (χ2v) is 7.03. The van der Waals surface area contributed by atoms with E-state index in [0.29, 0.717) is 22.5 Å². The zero-order valence-corrected chi connectivity index (χ0v) is 14.8. The maximum Gasteiger partial charge on any atom is 0.182 e. The molecule has 1 heterocycles. The van der Waals surface area contributed by atoms with E-state index in [0.717, 1.165) is 11.0 Å². The number of aromatic hydroxyl groups is 1. The third kappa shape index (κ3) is 2.23. The summed E-state index contributed by atoms with van der Waals surface area (Å²) >= 11 is 0. The number of ketones is 2. The molecule has 1 aliphatic rings. The second kappa shape index (κ2) is 5.89. The number of para-hydroxylation sites is 2. The number of rotatable bonds is 3. The fraction of sp³-hybridized carbons (Fsp3) is 0.0870. The molecule has 0 atom stereocenters. The van der Waals surface area contributed by atoms with Crippen LogP contribution in [0.5, 0.6) is 5.75 Å². The van der Waals surface area contributed by atoms with Crippen molar-refractivity contribution in [2.24, 2.45) is 0 Å². The lowest BCUT2D eigenvalue weighted by Gasteiger charge is -2.25. The van der Waals surface area contributed by atoms with Gasteiger partial charge in [0.05, 0.1) is 11.0 Å². The molecule has 5 rings (SSSR count). The average molecular weight is 368 g/mol. The SMILES string of the molecule is O=C1c2ccccc2C(=O)C1(Cc1nc2ccccc2[nH]1)c1ccc(O)cc1. The number of carbonyl (C=O) groups excluding carboxylic acids is 2. The van der Waals surface area contributed by atoms with Gasteiger partial charge in [-0.25, -0.2) is 4.98 Å². The van der Waals surface area contributed by atoms with Crippen LogP contribution in [0.2, 0.25) is 0 Å². The number of imidazole rings is 1. The van der Waals surface area contributed by atoms with E-state index in [1.165, 1.54) is 12.1 Å². The first-order valence-corrected chi connectivity index (χ1v) is 9.01. The van der Waals surface area contributed by atoms with E-state index in [-0.39, 0.29) is 23.7 Å². The van der Waals surface area contributed by atoms with Crippen LogP contribution < -0.4 is 0 Å². The Hall–Kier alpha value is -3.73. The normalized spacial score (nSPS) is 15.1. The van der Waals surface area contributed by atoms with Gasteiger partial charge in [-0.2, -0.15) is 0 Å². The van der Waals surface area contributed by atoms with Crippen LogP contribution in [-0.2, 0) is 11.8 Å². The molecule has 4 aromatic rings. The van der Waals surface area contributed by atoms with Crippen molar-refractivity contribution in [1.82, 2.24) is 9.97 Å². The van der Waals surface area contributed by atoms with Crippen molar-refractivity contribution in [1.29, 1.82) is 0 Å². The Kier molecular flexibility index (Phi) is 3.46. The largest absolute Gasteiger partial charge is 0.508 e. The highest BCUT2D eigenvalue weighted by Crippen LogP contribution is 2.42. The van der Waals surface area contributed by atoms with Gasteiger partial charge in [-0.05, 0) is 29.8 Å². The molecule has 0 spiro atoms. The van der Waals surface area contributed by atoms with Crippen molar-refractivity contribution in [2.45, 2.75) is 11.8 Å². The number of aromatic amines is 1. The molecule has 0 bridgehead atoms. The highest BCUT2D eigenvalue weighted by Gasteiger charge is 2.54. The van der Waals surface area contributed by atoms with E-state index in [1.807, 2.05) is 24.3 Å². The number of fused-ring (bicyclic) bond motifs is 2. The minimum Gasteiger partial charge on any atom is -0.508 e. The summed E-state index contributed by atoms with van der Waals surface area (Å²) in [6.45, 7) is 0. The predicted molar refractivity (Wildman–Crippen MR) is 105 cm³/mol. The number of hydrogen-bond acceptors (Lipinski definition) is 4. The van der Waals surface area contributed by atoms with Gasteiger partial charge in [0.25, 0.3) is 0 Å². The molecule has 0 aliphatic heterocycles. The van der Waals surface area contributed by atoms with Crippen molar-refractivity contribution in [2.75, 3.05) is 0 Å². The first kappa shape index (κ1) is 16.4. The Bertz CT molecular complexity index is 1170. The zero-order valence-electron chi connectivity index (χ0n) is 14.8. The molecule has 0 radical (unpaired) electrons. The second-order valence-electron chi connectivity index (χ2n) is 7.03. The predicted octanol–water partition coefficient (Wildman–Crippen LogP) is 3.83. The number of aromatic nitrogens is 2. The van der Waals surface area contributed by atoms with Crippen LogP contribution in [0.25, 0.3) is 11.0 Å². The van der Waals surface area contributed by atoms with E-state index >= 15 is 0 Å². The summed E-state index contributed by atoms with van der Waals surface area (Å²) in [5.74, 6) is 0.181. The van der Waals surface area contributed by atoms with Crippen LogP contribution in [-0.4, -0.2) is 26.6 Å². The molecule has 2 N–H and O–H groups in total. The standard InChI is InChI=1S/C23H16N2O3/c26-15-11-9-14(10-12-15)23(13-20-24-18-7-3-4-8-19(18)25-20)21(27)16-5-1-2-6-17(16)22(23)28/h1-12,26H,13H2,(H,24,25). The van der Waals surface area contributed by atoms with Gasteiger partial charge < -0.3 is 10.1 Å². The Balaban J connectivity index is 1.71. The van der Waals surface area contributed by atoms with E-state index in [2.05, 4.69) is 9.97 Å². The van der Waals surface area contributed by atoms with Crippen LogP contribution in [0.3, 0.4) is 0 Å².